The second kappa shape index (κ2) is 9.15. The Labute approximate surface area is 177 Å². The lowest BCUT2D eigenvalue weighted by molar-refractivity contribution is -0.0135. The molecule has 1 saturated heterocycles. The topological polar surface area (TPSA) is 55.8 Å². The molecule has 1 heterocycles. The van der Waals surface area contributed by atoms with E-state index in [0.29, 0.717) is 6.61 Å². The van der Waals surface area contributed by atoms with Gasteiger partial charge in [-0.25, -0.2) is 0 Å². The summed E-state index contributed by atoms with van der Waals surface area (Å²) < 4.78 is 35.9. The van der Waals surface area contributed by atoms with Crippen LogP contribution >= 0.6 is 0 Å². The first-order valence-electron chi connectivity index (χ1n) is 9.78. The summed E-state index contributed by atoms with van der Waals surface area (Å²) in [4.78, 5) is 2.36. The van der Waals surface area contributed by atoms with Gasteiger partial charge in [0.15, 0.2) is 0 Å². The van der Waals surface area contributed by atoms with Crippen molar-refractivity contribution in [2.75, 3.05) is 19.7 Å². The molecule has 0 saturated carbocycles. The van der Waals surface area contributed by atoms with Gasteiger partial charge in [-0.2, -0.15) is 8.42 Å². The molecule has 0 aromatic heterocycles. The zero-order valence-corrected chi connectivity index (χ0v) is 17.2. The minimum absolute atomic E-state index is 0.0843. The number of morpholine rings is 1. The lowest BCUT2D eigenvalue weighted by atomic mass is 10.1. The Bertz CT molecular complexity index is 1080. The molecule has 0 aliphatic carbocycles. The largest absolute Gasteiger partial charge is 0.379 e. The fourth-order valence-electron chi connectivity index (χ4n) is 3.26. The highest BCUT2D eigenvalue weighted by atomic mass is 32.2. The van der Waals surface area contributed by atoms with E-state index in [0.717, 1.165) is 24.2 Å². The van der Waals surface area contributed by atoms with E-state index in [-0.39, 0.29) is 16.7 Å². The molecule has 154 valence electrons. The summed E-state index contributed by atoms with van der Waals surface area (Å²) in [5.41, 5.74) is 2.14. The van der Waals surface area contributed by atoms with Crippen molar-refractivity contribution in [3.05, 3.63) is 102 Å². The van der Waals surface area contributed by atoms with Gasteiger partial charge in [-0.1, -0.05) is 60.7 Å². The highest BCUT2D eigenvalue weighted by Crippen LogP contribution is 2.26. The number of nitrogens with zero attached hydrogens (tertiary/aromatic N) is 1. The van der Waals surface area contributed by atoms with Gasteiger partial charge in [0.25, 0.3) is 0 Å². The van der Waals surface area contributed by atoms with E-state index in [1.165, 1.54) is 12.1 Å². The molecule has 0 spiro atoms. The minimum atomic E-state index is -3.84. The SMILES string of the molecule is O=S(=O)(Oc1ccc([C@@H]2CN(C=Cc3ccccc3)CCO2)cc1)c1ccccc1. The fraction of sp³-hybridized carbons (Fsp3) is 0.167. The van der Waals surface area contributed by atoms with Crippen LogP contribution in [0.3, 0.4) is 0 Å². The van der Waals surface area contributed by atoms with Crippen LogP contribution in [0, 0.1) is 0 Å². The Morgan fingerprint density at radius 1 is 0.900 bits per heavy atom. The molecule has 1 aliphatic rings. The Morgan fingerprint density at radius 2 is 1.57 bits per heavy atom. The summed E-state index contributed by atoms with van der Waals surface area (Å²) >= 11 is 0. The zero-order valence-electron chi connectivity index (χ0n) is 16.4. The van der Waals surface area contributed by atoms with E-state index in [9.17, 15) is 8.42 Å². The van der Waals surface area contributed by atoms with E-state index >= 15 is 0 Å². The van der Waals surface area contributed by atoms with Crippen molar-refractivity contribution in [2.24, 2.45) is 0 Å². The van der Waals surface area contributed by atoms with Crippen LogP contribution in [0.15, 0.2) is 96.0 Å². The van der Waals surface area contributed by atoms with Crippen LogP contribution in [0.5, 0.6) is 5.75 Å². The number of hydrogen-bond acceptors (Lipinski definition) is 5. The molecular weight excluding hydrogens is 398 g/mol. The van der Waals surface area contributed by atoms with Crippen molar-refractivity contribution < 1.29 is 17.3 Å². The van der Waals surface area contributed by atoms with Crippen molar-refractivity contribution >= 4 is 16.2 Å². The Kier molecular flexibility index (Phi) is 6.16. The number of rotatable bonds is 6. The maximum atomic E-state index is 12.4. The third-order valence-electron chi connectivity index (χ3n) is 4.86. The quantitative estimate of drug-likeness (QED) is 0.549. The summed E-state index contributed by atoms with van der Waals surface area (Å²) in [5.74, 6) is 0.277. The van der Waals surface area contributed by atoms with Gasteiger partial charge in [0.2, 0.25) is 0 Å². The van der Waals surface area contributed by atoms with E-state index in [4.69, 9.17) is 8.92 Å². The molecule has 30 heavy (non-hydrogen) atoms. The summed E-state index contributed by atoms with van der Waals surface area (Å²) in [5, 5.41) is 0. The first-order chi connectivity index (χ1) is 14.6. The summed E-state index contributed by atoms with van der Waals surface area (Å²) in [6.45, 7) is 2.19. The van der Waals surface area contributed by atoms with E-state index in [1.807, 2.05) is 30.3 Å². The number of hydrogen-bond donors (Lipinski definition) is 0. The fourth-order valence-corrected chi connectivity index (χ4v) is 4.21. The van der Waals surface area contributed by atoms with Gasteiger partial charge < -0.3 is 13.8 Å². The van der Waals surface area contributed by atoms with Crippen molar-refractivity contribution in [2.45, 2.75) is 11.0 Å². The van der Waals surface area contributed by atoms with Gasteiger partial charge >= 0.3 is 10.1 Å². The maximum absolute atomic E-state index is 12.4. The van der Waals surface area contributed by atoms with Crippen LogP contribution in [0.25, 0.3) is 6.08 Å². The molecule has 3 aromatic carbocycles. The second-order valence-electron chi connectivity index (χ2n) is 7.00. The van der Waals surface area contributed by atoms with Gasteiger partial charge in [-0.05, 0) is 47.7 Å². The van der Waals surface area contributed by atoms with Gasteiger partial charge in [0.05, 0.1) is 12.7 Å². The second-order valence-corrected chi connectivity index (χ2v) is 8.55. The van der Waals surface area contributed by atoms with Crippen LogP contribution in [0.4, 0.5) is 0 Å². The summed E-state index contributed by atoms with van der Waals surface area (Å²) in [6.07, 6.45) is 4.10. The normalized spacial score (nSPS) is 17.2. The molecule has 4 rings (SSSR count). The molecule has 0 radical (unpaired) electrons. The highest BCUT2D eigenvalue weighted by molar-refractivity contribution is 7.87. The van der Waals surface area contributed by atoms with Gasteiger partial charge in [-0.15, -0.1) is 0 Å². The lowest BCUT2D eigenvalue weighted by Crippen LogP contribution is -2.34. The van der Waals surface area contributed by atoms with Gasteiger partial charge in [0.1, 0.15) is 10.6 Å². The molecule has 5 nitrogen and oxygen atoms in total. The molecule has 1 atom stereocenters. The van der Waals surface area contributed by atoms with Crippen LogP contribution < -0.4 is 4.18 Å². The lowest BCUT2D eigenvalue weighted by Gasteiger charge is -2.32. The molecule has 1 aliphatic heterocycles. The standard InChI is InChI=1S/C24H23NO4S/c26-30(27,23-9-5-2-6-10-23)29-22-13-11-21(12-14-22)24-19-25(17-18-28-24)16-15-20-7-3-1-4-8-20/h1-16,24H,17-19H2/t24-/m0/s1. The van der Waals surface area contributed by atoms with Crippen molar-refractivity contribution in [1.82, 2.24) is 4.90 Å². The van der Waals surface area contributed by atoms with Crippen molar-refractivity contribution in [3.8, 4) is 5.75 Å². The van der Waals surface area contributed by atoms with Crippen molar-refractivity contribution in [1.29, 1.82) is 0 Å². The molecule has 6 heteroatoms. The maximum Gasteiger partial charge on any atom is 0.339 e. The molecule has 0 unspecified atom stereocenters. The molecule has 0 amide bonds. The zero-order chi connectivity index (χ0) is 20.8. The Morgan fingerprint density at radius 3 is 2.27 bits per heavy atom. The van der Waals surface area contributed by atoms with E-state index in [1.54, 1.807) is 30.3 Å². The van der Waals surface area contributed by atoms with Crippen molar-refractivity contribution in [3.63, 3.8) is 0 Å². The van der Waals surface area contributed by atoms with E-state index < -0.39 is 10.1 Å². The average molecular weight is 422 g/mol. The van der Waals surface area contributed by atoms with Crippen LogP contribution in [-0.4, -0.2) is 33.0 Å². The first kappa shape index (κ1) is 20.2. The predicted molar refractivity (Wildman–Crippen MR) is 116 cm³/mol. The number of benzene rings is 3. The molecule has 3 aromatic rings. The molecule has 0 bridgehead atoms. The molecular formula is C24H23NO4S. The predicted octanol–water partition coefficient (Wildman–Crippen LogP) is 4.50. The smallest absolute Gasteiger partial charge is 0.339 e. The van der Waals surface area contributed by atoms with Crippen LogP contribution in [0.2, 0.25) is 0 Å². The van der Waals surface area contributed by atoms with E-state index in [2.05, 4.69) is 29.3 Å². The first-order valence-corrected chi connectivity index (χ1v) is 11.2. The highest BCUT2D eigenvalue weighted by Gasteiger charge is 2.21. The Hall–Kier alpha value is -3.09. The third kappa shape index (κ3) is 5.09. The molecule has 0 N–H and O–H groups in total. The third-order valence-corrected chi connectivity index (χ3v) is 6.13. The minimum Gasteiger partial charge on any atom is -0.379 e. The molecule has 1 fully saturated rings. The monoisotopic (exact) mass is 421 g/mol. The van der Waals surface area contributed by atoms with Crippen LogP contribution in [0.1, 0.15) is 17.2 Å². The van der Waals surface area contributed by atoms with Gasteiger partial charge in [0, 0.05) is 13.1 Å². The van der Waals surface area contributed by atoms with Gasteiger partial charge in [-0.3, -0.25) is 0 Å². The van der Waals surface area contributed by atoms with Crippen LogP contribution in [-0.2, 0) is 14.9 Å². The average Bonchev–Trinajstić information content (AvgIpc) is 2.79. The number of ether oxygens (including phenoxy) is 1. The Balaban J connectivity index is 1.40. The summed E-state index contributed by atoms with van der Waals surface area (Å²) in [6, 6.07) is 25.3. The summed E-state index contributed by atoms with van der Waals surface area (Å²) in [7, 11) is -3.84.